The van der Waals surface area contributed by atoms with Crippen molar-refractivity contribution in [2.24, 2.45) is 17.8 Å². The van der Waals surface area contributed by atoms with Crippen molar-refractivity contribution < 1.29 is 33.3 Å². The molecule has 2 fully saturated rings. The van der Waals surface area contributed by atoms with Crippen LogP contribution < -0.4 is 0 Å². The summed E-state index contributed by atoms with van der Waals surface area (Å²) in [5, 5.41) is 0. The van der Waals surface area contributed by atoms with E-state index in [1.54, 1.807) is 14.0 Å². The maximum absolute atomic E-state index is 12.5. The number of carbonyl (C=O) groups excluding carboxylic acids is 2. The van der Waals surface area contributed by atoms with Gasteiger partial charge in [-0.2, -0.15) is 0 Å². The third kappa shape index (κ3) is 5.08. The van der Waals surface area contributed by atoms with Gasteiger partial charge >= 0.3 is 12.1 Å². The van der Waals surface area contributed by atoms with Crippen LogP contribution in [-0.2, 0) is 28.5 Å². The Labute approximate surface area is 155 Å². The second-order valence-electron chi connectivity index (χ2n) is 6.71. The van der Waals surface area contributed by atoms with E-state index in [0.29, 0.717) is 44.8 Å². The van der Waals surface area contributed by atoms with Crippen LogP contribution in [0.5, 0.6) is 0 Å². The maximum atomic E-state index is 12.5. The second-order valence-corrected chi connectivity index (χ2v) is 6.71. The number of hydrogen-bond acceptors (Lipinski definition) is 7. The summed E-state index contributed by atoms with van der Waals surface area (Å²) in [5.41, 5.74) is 0. The van der Waals surface area contributed by atoms with E-state index in [-0.39, 0.29) is 18.7 Å². The molecular formula is C18H31NO7. The number of likely N-dealkylation sites (tertiary alicyclic amines) is 1. The number of ether oxygens (including phenoxy) is 5. The highest BCUT2D eigenvalue weighted by Gasteiger charge is 2.54. The fourth-order valence-corrected chi connectivity index (χ4v) is 4.21. The van der Waals surface area contributed by atoms with Crippen LogP contribution in [0, 0.1) is 17.8 Å². The van der Waals surface area contributed by atoms with Crippen molar-refractivity contribution in [2.45, 2.75) is 32.2 Å². The van der Waals surface area contributed by atoms with Crippen molar-refractivity contribution in [1.29, 1.82) is 0 Å². The molecule has 4 atom stereocenters. The molecule has 2 rings (SSSR count). The highest BCUT2D eigenvalue weighted by atomic mass is 16.7. The minimum Gasteiger partial charge on any atom is -0.464 e. The summed E-state index contributed by atoms with van der Waals surface area (Å²) < 4.78 is 25.8. The zero-order valence-corrected chi connectivity index (χ0v) is 16.0. The Hall–Kier alpha value is -1.38. The number of nitrogens with zero attached hydrogens (tertiary/aromatic N) is 1. The van der Waals surface area contributed by atoms with Gasteiger partial charge in [-0.15, -0.1) is 0 Å². The summed E-state index contributed by atoms with van der Waals surface area (Å²) in [6, 6.07) is -0.558. The molecule has 150 valence electrons. The van der Waals surface area contributed by atoms with Crippen LogP contribution in [0.2, 0.25) is 0 Å². The Balaban J connectivity index is 1.89. The molecule has 0 aromatic heterocycles. The molecule has 0 radical (unpaired) electrons. The van der Waals surface area contributed by atoms with Gasteiger partial charge in [-0.3, -0.25) is 4.90 Å². The largest absolute Gasteiger partial charge is 0.464 e. The molecule has 0 bridgehead atoms. The summed E-state index contributed by atoms with van der Waals surface area (Å²) >= 11 is 0. The van der Waals surface area contributed by atoms with E-state index >= 15 is 0 Å². The maximum Gasteiger partial charge on any atom is 0.410 e. The van der Waals surface area contributed by atoms with Crippen molar-refractivity contribution in [3.63, 3.8) is 0 Å². The standard InChI is InChI=1S/C18H31NO7/c1-4-26-17(20)16-15-13(7-8-24-12-25-10-9-22-2)5-6-14(15)11-19(16)18(21)23-3/h13-16H,4-12H2,1-3H3. The van der Waals surface area contributed by atoms with Gasteiger partial charge < -0.3 is 23.7 Å². The average Bonchev–Trinajstić information content (AvgIpc) is 3.20. The van der Waals surface area contributed by atoms with Crippen molar-refractivity contribution in [2.75, 3.05) is 54.0 Å². The van der Waals surface area contributed by atoms with Crippen molar-refractivity contribution in [3.05, 3.63) is 0 Å². The summed E-state index contributed by atoms with van der Waals surface area (Å²) in [4.78, 5) is 26.1. The molecule has 1 saturated carbocycles. The van der Waals surface area contributed by atoms with E-state index in [2.05, 4.69) is 0 Å². The van der Waals surface area contributed by atoms with Gasteiger partial charge in [0.25, 0.3) is 0 Å². The van der Waals surface area contributed by atoms with Gasteiger partial charge in [0, 0.05) is 20.3 Å². The Kier molecular flexibility index (Phi) is 8.61. The lowest BCUT2D eigenvalue weighted by Gasteiger charge is -2.28. The lowest BCUT2D eigenvalue weighted by atomic mass is 9.85. The van der Waals surface area contributed by atoms with Crippen LogP contribution in [-0.4, -0.2) is 77.0 Å². The van der Waals surface area contributed by atoms with E-state index < -0.39 is 12.1 Å². The van der Waals surface area contributed by atoms with Gasteiger partial charge in [0.1, 0.15) is 12.8 Å². The molecule has 26 heavy (non-hydrogen) atoms. The first-order valence-corrected chi connectivity index (χ1v) is 9.29. The molecule has 8 nitrogen and oxygen atoms in total. The Morgan fingerprint density at radius 3 is 2.54 bits per heavy atom. The normalized spacial score (nSPS) is 27.4. The zero-order chi connectivity index (χ0) is 18.9. The van der Waals surface area contributed by atoms with Crippen LogP contribution in [0.25, 0.3) is 0 Å². The van der Waals surface area contributed by atoms with Gasteiger partial charge in [0.2, 0.25) is 0 Å². The molecule has 0 spiro atoms. The molecule has 4 unspecified atom stereocenters. The molecule has 1 heterocycles. The van der Waals surface area contributed by atoms with Gasteiger partial charge in [-0.25, -0.2) is 9.59 Å². The minimum absolute atomic E-state index is 0.103. The minimum atomic E-state index is -0.558. The predicted octanol–water partition coefficient (Wildman–Crippen LogP) is 1.67. The van der Waals surface area contributed by atoms with Crippen LogP contribution in [0.3, 0.4) is 0 Å². The lowest BCUT2D eigenvalue weighted by molar-refractivity contribution is -0.150. The first-order chi connectivity index (χ1) is 12.6. The predicted molar refractivity (Wildman–Crippen MR) is 92.5 cm³/mol. The van der Waals surface area contributed by atoms with Gasteiger partial charge in [-0.05, 0) is 43.9 Å². The number of hydrogen-bond donors (Lipinski definition) is 0. The lowest BCUT2D eigenvalue weighted by Crippen LogP contribution is -2.45. The first-order valence-electron chi connectivity index (χ1n) is 9.29. The number of carbonyl (C=O) groups is 2. The van der Waals surface area contributed by atoms with Gasteiger partial charge in [0.15, 0.2) is 0 Å². The summed E-state index contributed by atoms with van der Waals surface area (Å²) in [6.07, 6.45) is 2.41. The molecule has 1 amide bonds. The Morgan fingerprint density at radius 2 is 1.85 bits per heavy atom. The molecule has 1 aliphatic carbocycles. The quantitative estimate of drug-likeness (QED) is 0.327. The summed E-state index contributed by atoms with van der Waals surface area (Å²) in [6.45, 7) is 4.47. The van der Waals surface area contributed by atoms with Crippen molar-refractivity contribution in [1.82, 2.24) is 4.90 Å². The summed E-state index contributed by atoms with van der Waals surface area (Å²) in [7, 11) is 2.97. The van der Waals surface area contributed by atoms with Crippen molar-refractivity contribution >= 4 is 12.1 Å². The van der Waals surface area contributed by atoms with Crippen LogP contribution in [0.1, 0.15) is 26.2 Å². The number of esters is 1. The number of methoxy groups -OCH3 is 2. The molecule has 0 aromatic carbocycles. The third-order valence-corrected chi connectivity index (χ3v) is 5.30. The average molecular weight is 373 g/mol. The third-order valence-electron chi connectivity index (χ3n) is 5.30. The van der Waals surface area contributed by atoms with Crippen LogP contribution in [0.15, 0.2) is 0 Å². The van der Waals surface area contributed by atoms with Gasteiger partial charge in [-0.1, -0.05) is 0 Å². The summed E-state index contributed by atoms with van der Waals surface area (Å²) in [5.74, 6) is 0.404. The smallest absolute Gasteiger partial charge is 0.410 e. The Morgan fingerprint density at radius 1 is 1.08 bits per heavy atom. The molecule has 0 aromatic rings. The zero-order valence-electron chi connectivity index (χ0n) is 16.0. The highest BCUT2D eigenvalue weighted by molar-refractivity contribution is 5.82. The molecule has 1 aliphatic heterocycles. The number of fused-ring (bicyclic) bond motifs is 1. The topological polar surface area (TPSA) is 83.5 Å². The van der Waals surface area contributed by atoms with Crippen LogP contribution >= 0.6 is 0 Å². The number of amides is 1. The number of rotatable bonds is 10. The van der Waals surface area contributed by atoms with E-state index in [9.17, 15) is 9.59 Å². The molecule has 0 N–H and O–H groups in total. The van der Waals surface area contributed by atoms with E-state index in [0.717, 1.165) is 19.3 Å². The Bertz CT molecular complexity index is 459. The van der Waals surface area contributed by atoms with E-state index in [1.807, 2.05) is 0 Å². The van der Waals surface area contributed by atoms with Crippen LogP contribution in [0.4, 0.5) is 4.79 Å². The first kappa shape index (κ1) is 20.9. The second kappa shape index (κ2) is 10.7. The SMILES string of the molecule is CCOC(=O)C1C2C(CCOCOCCOC)CCC2CN1C(=O)OC. The van der Waals surface area contributed by atoms with E-state index in [1.165, 1.54) is 12.0 Å². The molecule has 2 aliphatic rings. The van der Waals surface area contributed by atoms with Crippen molar-refractivity contribution in [3.8, 4) is 0 Å². The fourth-order valence-electron chi connectivity index (χ4n) is 4.21. The van der Waals surface area contributed by atoms with E-state index in [4.69, 9.17) is 23.7 Å². The fraction of sp³-hybridized carbons (Fsp3) is 0.889. The monoisotopic (exact) mass is 373 g/mol. The molecule has 1 saturated heterocycles. The molecular weight excluding hydrogens is 342 g/mol. The molecule has 8 heteroatoms. The van der Waals surface area contributed by atoms with Gasteiger partial charge in [0.05, 0.1) is 26.9 Å². The highest BCUT2D eigenvalue weighted by Crippen LogP contribution is 2.47.